The highest BCUT2D eigenvalue weighted by molar-refractivity contribution is 5.79. The van der Waals surface area contributed by atoms with E-state index in [0.29, 0.717) is 11.8 Å². The van der Waals surface area contributed by atoms with Gasteiger partial charge in [0.05, 0.1) is 7.11 Å². The van der Waals surface area contributed by atoms with Crippen molar-refractivity contribution >= 4 is 5.91 Å². The quantitative estimate of drug-likeness (QED) is 0.799. The summed E-state index contributed by atoms with van der Waals surface area (Å²) in [5.74, 6) is 2.44. The van der Waals surface area contributed by atoms with E-state index in [1.165, 1.54) is 23.1 Å². The van der Waals surface area contributed by atoms with E-state index in [9.17, 15) is 4.79 Å². The maximum absolute atomic E-state index is 12.2. The van der Waals surface area contributed by atoms with Gasteiger partial charge in [-0.3, -0.25) is 4.79 Å². The van der Waals surface area contributed by atoms with Crippen molar-refractivity contribution in [2.45, 2.75) is 50.4 Å². The summed E-state index contributed by atoms with van der Waals surface area (Å²) in [6.45, 7) is 0.762. The van der Waals surface area contributed by atoms with Gasteiger partial charge in [-0.05, 0) is 72.8 Å². The van der Waals surface area contributed by atoms with E-state index in [4.69, 9.17) is 4.74 Å². The van der Waals surface area contributed by atoms with Crippen LogP contribution in [0.15, 0.2) is 48.5 Å². The Labute approximate surface area is 162 Å². The van der Waals surface area contributed by atoms with Gasteiger partial charge in [0.15, 0.2) is 0 Å². The number of hydrogen-bond acceptors (Lipinski definition) is 2. The van der Waals surface area contributed by atoms with Crippen LogP contribution in [0, 0.1) is 5.92 Å². The normalized spacial score (nSPS) is 21.8. The highest BCUT2D eigenvalue weighted by atomic mass is 16.5. The summed E-state index contributed by atoms with van der Waals surface area (Å²) >= 11 is 0. The molecule has 1 fully saturated rings. The zero-order valence-electron chi connectivity index (χ0n) is 16.1. The van der Waals surface area contributed by atoms with Gasteiger partial charge in [0.1, 0.15) is 5.75 Å². The van der Waals surface area contributed by atoms with Crippen molar-refractivity contribution in [3.05, 3.63) is 65.2 Å². The van der Waals surface area contributed by atoms with Gasteiger partial charge in [0.2, 0.25) is 5.91 Å². The number of nitrogens with one attached hydrogen (secondary N) is 1. The molecule has 1 saturated carbocycles. The van der Waals surface area contributed by atoms with E-state index in [-0.39, 0.29) is 11.8 Å². The molecule has 0 aliphatic heterocycles. The Bertz CT molecular complexity index is 782. The summed E-state index contributed by atoms with van der Waals surface area (Å²) in [5.41, 5.74) is 4.24. The van der Waals surface area contributed by atoms with Crippen molar-refractivity contribution in [3.63, 3.8) is 0 Å². The Kier molecular flexibility index (Phi) is 5.47. The fourth-order valence-electron chi connectivity index (χ4n) is 4.52. The lowest BCUT2D eigenvalue weighted by Gasteiger charge is -2.33. The molecular weight excluding hydrogens is 334 g/mol. The minimum atomic E-state index is 0.252. The Morgan fingerprint density at radius 3 is 2.67 bits per heavy atom. The van der Waals surface area contributed by atoms with Crippen LogP contribution in [0.5, 0.6) is 5.75 Å². The van der Waals surface area contributed by atoms with Crippen LogP contribution in [0.2, 0.25) is 0 Å². The van der Waals surface area contributed by atoms with Crippen LogP contribution in [0.25, 0.3) is 0 Å². The highest BCUT2D eigenvalue weighted by Crippen LogP contribution is 2.42. The molecule has 0 radical (unpaired) electrons. The fraction of sp³-hybridized carbons (Fsp3) is 0.458. The number of amides is 1. The molecule has 2 aliphatic carbocycles. The molecule has 1 N–H and O–H groups in total. The Morgan fingerprint density at radius 2 is 1.96 bits per heavy atom. The van der Waals surface area contributed by atoms with Gasteiger partial charge in [0.25, 0.3) is 0 Å². The van der Waals surface area contributed by atoms with Crippen LogP contribution in [-0.2, 0) is 11.2 Å². The second-order valence-corrected chi connectivity index (χ2v) is 8.02. The summed E-state index contributed by atoms with van der Waals surface area (Å²) in [6, 6.07) is 17.3. The number of carbonyl (C=O) groups excluding carboxylic acids is 1. The lowest BCUT2D eigenvalue weighted by Crippen LogP contribution is -2.35. The third-order valence-electron chi connectivity index (χ3n) is 6.37. The average Bonchev–Trinajstić information content (AvgIpc) is 2.66. The molecule has 2 aliphatic rings. The minimum absolute atomic E-state index is 0.252. The number of methoxy groups -OCH3 is 1. The van der Waals surface area contributed by atoms with Crippen LogP contribution in [0.4, 0.5) is 0 Å². The van der Waals surface area contributed by atoms with E-state index < -0.39 is 0 Å². The van der Waals surface area contributed by atoms with Crippen molar-refractivity contribution in [3.8, 4) is 5.75 Å². The van der Waals surface area contributed by atoms with Gasteiger partial charge in [-0.15, -0.1) is 0 Å². The number of ether oxygens (including phenoxy) is 1. The first-order chi connectivity index (χ1) is 13.2. The zero-order valence-corrected chi connectivity index (χ0v) is 16.1. The van der Waals surface area contributed by atoms with Gasteiger partial charge in [0, 0.05) is 12.5 Å². The van der Waals surface area contributed by atoms with Crippen LogP contribution < -0.4 is 10.1 Å². The smallest absolute Gasteiger partial charge is 0.223 e. The topological polar surface area (TPSA) is 38.3 Å². The number of hydrogen-bond donors (Lipinski definition) is 1. The van der Waals surface area contributed by atoms with Gasteiger partial charge < -0.3 is 10.1 Å². The number of fused-ring (bicyclic) bond motifs is 1. The molecule has 2 atom stereocenters. The van der Waals surface area contributed by atoms with Crippen LogP contribution in [-0.4, -0.2) is 19.6 Å². The monoisotopic (exact) mass is 363 g/mol. The summed E-state index contributed by atoms with van der Waals surface area (Å²) < 4.78 is 5.47. The van der Waals surface area contributed by atoms with Gasteiger partial charge in [-0.25, -0.2) is 0 Å². The van der Waals surface area contributed by atoms with Gasteiger partial charge in [-0.1, -0.05) is 42.8 Å². The molecule has 0 heterocycles. The predicted molar refractivity (Wildman–Crippen MR) is 108 cm³/mol. The Hall–Kier alpha value is -2.29. The molecule has 0 aromatic heterocycles. The van der Waals surface area contributed by atoms with Crippen LogP contribution in [0.1, 0.15) is 60.6 Å². The summed E-state index contributed by atoms with van der Waals surface area (Å²) in [5, 5.41) is 3.18. The lowest BCUT2D eigenvalue weighted by atomic mass is 9.73. The molecular formula is C24H29NO2. The lowest BCUT2D eigenvalue weighted by molar-refractivity contribution is -0.127. The molecule has 1 amide bonds. The zero-order chi connectivity index (χ0) is 18.6. The van der Waals surface area contributed by atoms with E-state index in [2.05, 4.69) is 53.8 Å². The Balaban J connectivity index is 1.49. The van der Waals surface area contributed by atoms with E-state index >= 15 is 0 Å². The molecule has 0 bridgehead atoms. The molecule has 0 unspecified atom stereocenters. The minimum Gasteiger partial charge on any atom is -0.497 e. The van der Waals surface area contributed by atoms with Crippen molar-refractivity contribution in [1.82, 2.24) is 5.32 Å². The first kappa shape index (κ1) is 18.1. The molecule has 3 nitrogen and oxygen atoms in total. The highest BCUT2D eigenvalue weighted by Gasteiger charge is 2.29. The fourth-order valence-corrected chi connectivity index (χ4v) is 4.52. The van der Waals surface area contributed by atoms with Gasteiger partial charge >= 0.3 is 0 Å². The van der Waals surface area contributed by atoms with Gasteiger partial charge in [-0.2, -0.15) is 0 Å². The number of benzene rings is 2. The summed E-state index contributed by atoms with van der Waals surface area (Å²) in [7, 11) is 1.73. The van der Waals surface area contributed by atoms with E-state index in [1.807, 2.05) is 0 Å². The number of carbonyl (C=O) groups is 1. The third-order valence-corrected chi connectivity index (χ3v) is 6.37. The molecule has 27 heavy (non-hydrogen) atoms. The standard InChI is InChI=1S/C24H29NO2/c1-27-22-11-10-19-14-21(17-6-3-2-4-7-17)15-20(23(19)16-22)12-13-25-24(26)18-8-5-9-18/h2-4,6-7,10-11,16,18,20-21H,5,8-9,12-15H2,1H3,(H,25,26)/t20-,21+/m0/s1. The number of rotatable bonds is 6. The average molecular weight is 364 g/mol. The van der Waals surface area contributed by atoms with Crippen LogP contribution in [0.3, 0.4) is 0 Å². The first-order valence-corrected chi connectivity index (χ1v) is 10.2. The molecule has 2 aromatic rings. The first-order valence-electron chi connectivity index (χ1n) is 10.2. The summed E-state index contributed by atoms with van der Waals surface area (Å²) in [6.07, 6.45) is 6.52. The Morgan fingerprint density at radius 1 is 1.15 bits per heavy atom. The van der Waals surface area contributed by atoms with Crippen molar-refractivity contribution < 1.29 is 9.53 Å². The molecule has 0 spiro atoms. The summed E-state index contributed by atoms with van der Waals surface area (Å²) in [4.78, 5) is 12.2. The van der Waals surface area contributed by atoms with Crippen LogP contribution >= 0.6 is 0 Å². The molecule has 4 rings (SSSR count). The second-order valence-electron chi connectivity index (χ2n) is 8.02. The largest absolute Gasteiger partial charge is 0.497 e. The SMILES string of the molecule is COc1ccc2c(c1)[C@@H](CCNC(=O)C1CCC1)C[C@H](c1ccccc1)C2. The van der Waals surface area contributed by atoms with E-state index in [1.54, 1.807) is 7.11 Å². The maximum Gasteiger partial charge on any atom is 0.223 e. The molecule has 2 aromatic carbocycles. The maximum atomic E-state index is 12.2. The second kappa shape index (κ2) is 8.16. The van der Waals surface area contributed by atoms with Crippen molar-refractivity contribution in [2.24, 2.45) is 5.92 Å². The molecule has 3 heteroatoms. The van der Waals surface area contributed by atoms with Crippen molar-refractivity contribution in [1.29, 1.82) is 0 Å². The van der Waals surface area contributed by atoms with Crippen molar-refractivity contribution in [2.75, 3.05) is 13.7 Å². The third kappa shape index (κ3) is 4.02. The van der Waals surface area contributed by atoms with E-state index in [0.717, 1.165) is 44.4 Å². The molecule has 0 saturated heterocycles. The predicted octanol–water partition coefficient (Wildman–Crippen LogP) is 4.82. The molecule has 142 valence electrons.